The molecule has 1 aliphatic carbocycles. The van der Waals surface area contributed by atoms with Crippen molar-refractivity contribution in [3.8, 4) is 0 Å². The van der Waals surface area contributed by atoms with Gasteiger partial charge in [0.25, 0.3) is 0 Å². The number of hydrogen-bond donors (Lipinski definition) is 1. The zero-order valence-electron chi connectivity index (χ0n) is 13.2. The monoisotopic (exact) mass is 271 g/mol. The lowest BCUT2D eigenvalue weighted by atomic mass is 9.77. The summed E-state index contributed by atoms with van der Waals surface area (Å²) in [5.41, 5.74) is 0.0793. The molecule has 1 saturated carbocycles. The number of methoxy groups -OCH3 is 1. The lowest BCUT2D eigenvalue weighted by molar-refractivity contribution is -0.0923. The van der Waals surface area contributed by atoms with Crippen molar-refractivity contribution in [1.29, 1.82) is 0 Å². The maximum absolute atomic E-state index is 6.26. The van der Waals surface area contributed by atoms with Crippen LogP contribution in [0.2, 0.25) is 0 Å². The molecule has 0 bridgehead atoms. The van der Waals surface area contributed by atoms with Crippen LogP contribution in [0.25, 0.3) is 0 Å². The fourth-order valence-electron chi connectivity index (χ4n) is 3.33. The second-order valence-corrected chi connectivity index (χ2v) is 5.70. The topological polar surface area (TPSA) is 30.5 Å². The third-order valence-corrected chi connectivity index (χ3v) is 4.25. The summed E-state index contributed by atoms with van der Waals surface area (Å²) in [7, 11) is 1.79. The highest BCUT2D eigenvalue weighted by Crippen LogP contribution is 2.36. The van der Waals surface area contributed by atoms with E-state index in [1.807, 2.05) is 0 Å². The highest BCUT2D eigenvalue weighted by Gasteiger charge is 2.39. The Morgan fingerprint density at radius 2 is 1.89 bits per heavy atom. The molecule has 0 aromatic heterocycles. The molecule has 0 aliphatic heterocycles. The van der Waals surface area contributed by atoms with E-state index in [1.54, 1.807) is 7.11 Å². The Hall–Kier alpha value is -0.120. The normalized spacial score (nSPS) is 20.4. The summed E-state index contributed by atoms with van der Waals surface area (Å²) in [4.78, 5) is 0. The lowest BCUT2D eigenvalue weighted by Crippen LogP contribution is -2.54. The zero-order chi connectivity index (χ0) is 14.0. The fourth-order valence-corrected chi connectivity index (χ4v) is 3.33. The van der Waals surface area contributed by atoms with Crippen LogP contribution in [-0.2, 0) is 9.47 Å². The van der Waals surface area contributed by atoms with Gasteiger partial charge in [0.15, 0.2) is 0 Å². The zero-order valence-corrected chi connectivity index (χ0v) is 13.2. The van der Waals surface area contributed by atoms with E-state index in [-0.39, 0.29) is 5.60 Å². The molecule has 3 nitrogen and oxygen atoms in total. The molecule has 0 saturated heterocycles. The van der Waals surface area contributed by atoms with E-state index in [9.17, 15) is 0 Å². The summed E-state index contributed by atoms with van der Waals surface area (Å²) >= 11 is 0. The summed E-state index contributed by atoms with van der Waals surface area (Å²) in [6.45, 7) is 7.13. The average Bonchev–Trinajstić information content (AvgIpc) is 2.44. The van der Waals surface area contributed by atoms with E-state index < -0.39 is 0 Å². The van der Waals surface area contributed by atoms with Crippen LogP contribution in [0.4, 0.5) is 0 Å². The minimum absolute atomic E-state index is 0.0793. The first kappa shape index (κ1) is 16.9. The third-order valence-electron chi connectivity index (χ3n) is 4.25. The molecule has 1 N–H and O–H groups in total. The summed E-state index contributed by atoms with van der Waals surface area (Å²) in [5.74, 6) is 0. The van der Waals surface area contributed by atoms with Crippen molar-refractivity contribution in [3.05, 3.63) is 0 Å². The van der Waals surface area contributed by atoms with Gasteiger partial charge >= 0.3 is 0 Å². The fraction of sp³-hybridized carbons (Fsp3) is 1.00. The molecule has 0 amide bonds. The Labute approximate surface area is 119 Å². The minimum atomic E-state index is 0.0793. The number of hydrogen-bond acceptors (Lipinski definition) is 3. The molecule has 19 heavy (non-hydrogen) atoms. The van der Waals surface area contributed by atoms with Gasteiger partial charge in [-0.2, -0.15) is 0 Å². The van der Waals surface area contributed by atoms with Crippen LogP contribution in [0.1, 0.15) is 65.2 Å². The van der Waals surface area contributed by atoms with E-state index in [0.717, 1.165) is 32.6 Å². The second kappa shape index (κ2) is 9.73. The molecule has 1 atom stereocenters. The molecular formula is C16H33NO2. The Balaban J connectivity index is 2.64. The van der Waals surface area contributed by atoms with Gasteiger partial charge in [0.2, 0.25) is 0 Å². The maximum atomic E-state index is 6.26. The van der Waals surface area contributed by atoms with Crippen LogP contribution in [0.15, 0.2) is 0 Å². The van der Waals surface area contributed by atoms with E-state index in [2.05, 4.69) is 19.2 Å². The van der Waals surface area contributed by atoms with E-state index in [1.165, 1.54) is 38.5 Å². The summed E-state index contributed by atoms with van der Waals surface area (Å²) in [6, 6.07) is 0.489. The molecule has 0 aromatic carbocycles. The predicted molar refractivity (Wildman–Crippen MR) is 80.6 cm³/mol. The van der Waals surface area contributed by atoms with Gasteiger partial charge in [-0.05, 0) is 45.6 Å². The number of nitrogens with one attached hydrogen (secondary N) is 1. The molecule has 1 unspecified atom stereocenters. The number of ether oxygens (including phenoxy) is 2. The first-order chi connectivity index (χ1) is 9.29. The molecule has 114 valence electrons. The summed E-state index contributed by atoms with van der Waals surface area (Å²) < 4.78 is 11.5. The quantitative estimate of drug-likeness (QED) is 0.617. The van der Waals surface area contributed by atoms with Gasteiger partial charge in [-0.25, -0.2) is 0 Å². The van der Waals surface area contributed by atoms with Gasteiger partial charge in [0.1, 0.15) is 0 Å². The van der Waals surface area contributed by atoms with Crippen molar-refractivity contribution in [1.82, 2.24) is 5.32 Å². The summed E-state index contributed by atoms with van der Waals surface area (Å²) in [6.07, 6.45) is 9.89. The van der Waals surface area contributed by atoms with E-state index >= 15 is 0 Å². The molecule has 0 radical (unpaired) electrons. The van der Waals surface area contributed by atoms with Crippen molar-refractivity contribution < 1.29 is 9.47 Å². The van der Waals surface area contributed by atoms with Crippen LogP contribution >= 0.6 is 0 Å². The van der Waals surface area contributed by atoms with Gasteiger partial charge in [-0.15, -0.1) is 0 Å². The first-order valence-corrected chi connectivity index (χ1v) is 8.15. The van der Waals surface area contributed by atoms with Gasteiger partial charge in [-0.3, -0.25) is 0 Å². The second-order valence-electron chi connectivity index (χ2n) is 5.70. The Morgan fingerprint density at radius 3 is 2.47 bits per heavy atom. The standard InChI is InChI=1S/C16H33NO2/c1-4-13-17-15(10-9-14-18-3)16(19-5-2)11-7-6-8-12-16/h15,17H,4-14H2,1-3H3. The van der Waals surface area contributed by atoms with E-state index in [4.69, 9.17) is 9.47 Å². The predicted octanol–water partition coefficient (Wildman–Crippen LogP) is 3.52. The van der Waals surface area contributed by atoms with E-state index in [0.29, 0.717) is 6.04 Å². The van der Waals surface area contributed by atoms with Gasteiger partial charge in [0, 0.05) is 26.4 Å². The van der Waals surface area contributed by atoms with Crippen molar-refractivity contribution in [2.24, 2.45) is 0 Å². The van der Waals surface area contributed by atoms with Crippen LogP contribution in [-0.4, -0.2) is 38.5 Å². The van der Waals surface area contributed by atoms with Gasteiger partial charge in [0.05, 0.1) is 5.60 Å². The highest BCUT2D eigenvalue weighted by molar-refractivity contribution is 4.95. The van der Waals surface area contributed by atoms with Crippen LogP contribution in [0.5, 0.6) is 0 Å². The maximum Gasteiger partial charge on any atom is 0.0834 e. The van der Waals surface area contributed by atoms with Crippen LogP contribution < -0.4 is 5.32 Å². The van der Waals surface area contributed by atoms with Gasteiger partial charge in [-0.1, -0.05) is 26.2 Å². The summed E-state index contributed by atoms with van der Waals surface area (Å²) in [5, 5.41) is 3.74. The average molecular weight is 271 g/mol. The molecule has 1 aliphatic rings. The molecule has 3 heteroatoms. The first-order valence-electron chi connectivity index (χ1n) is 8.15. The Kier molecular flexibility index (Phi) is 8.67. The molecule has 0 heterocycles. The molecule has 0 spiro atoms. The minimum Gasteiger partial charge on any atom is -0.385 e. The Morgan fingerprint density at radius 1 is 1.16 bits per heavy atom. The van der Waals surface area contributed by atoms with Crippen molar-refractivity contribution >= 4 is 0 Å². The SMILES string of the molecule is CCCNC(CCCOC)C1(OCC)CCCCC1. The lowest BCUT2D eigenvalue weighted by Gasteiger charge is -2.44. The van der Waals surface area contributed by atoms with Crippen LogP contribution in [0, 0.1) is 0 Å². The third kappa shape index (κ3) is 5.41. The molecule has 1 rings (SSSR count). The highest BCUT2D eigenvalue weighted by atomic mass is 16.5. The van der Waals surface area contributed by atoms with Crippen molar-refractivity contribution in [2.45, 2.75) is 76.9 Å². The molecular weight excluding hydrogens is 238 g/mol. The largest absolute Gasteiger partial charge is 0.385 e. The van der Waals surface area contributed by atoms with Crippen molar-refractivity contribution in [2.75, 3.05) is 26.9 Å². The van der Waals surface area contributed by atoms with Crippen molar-refractivity contribution in [3.63, 3.8) is 0 Å². The Bertz CT molecular complexity index is 209. The molecule has 1 fully saturated rings. The van der Waals surface area contributed by atoms with Gasteiger partial charge < -0.3 is 14.8 Å². The molecule has 0 aromatic rings. The van der Waals surface area contributed by atoms with Crippen LogP contribution in [0.3, 0.4) is 0 Å². The number of rotatable bonds is 10. The smallest absolute Gasteiger partial charge is 0.0834 e.